The van der Waals surface area contributed by atoms with Crippen LogP contribution in [0.3, 0.4) is 0 Å². The number of hydrogen-bond donors (Lipinski definition) is 1. The Labute approximate surface area is 110 Å². The number of hydrogen-bond acceptors (Lipinski definition) is 3. The Kier molecular flexibility index (Phi) is 5.26. The second-order valence-corrected chi connectivity index (χ2v) is 5.21. The van der Waals surface area contributed by atoms with E-state index in [0.29, 0.717) is 12.6 Å². The standard InChI is InChI=1S/C15H25NO2/c1-2-14-8-9-15(18-14)12-16-10-4-3-6-13(16)7-5-11-17/h8-9,13,17H,2-7,10-12H2,1H3/t13-/m0/s1. The fourth-order valence-electron chi connectivity index (χ4n) is 2.82. The van der Waals surface area contributed by atoms with Crippen molar-refractivity contribution >= 4 is 0 Å². The smallest absolute Gasteiger partial charge is 0.118 e. The van der Waals surface area contributed by atoms with Crippen LogP contribution in [0, 0.1) is 0 Å². The maximum atomic E-state index is 8.97. The van der Waals surface area contributed by atoms with Gasteiger partial charge in [0.2, 0.25) is 0 Å². The van der Waals surface area contributed by atoms with E-state index in [1.54, 1.807) is 0 Å². The molecular formula is C15H25NO2. The molecule has 0 aliphatic carbocycles. The van der Waals surface area contributed by atoms with E-state index >= 15 is 0 Å². The molecule has 1 aliphatic heterocycles. The van der Waals surface area contributed by atoms with E-state index < -0.39 is 0 Å². The van der Waals surface area contributed by atoms with Crippen LogP contribution in [0.2, 0.25) is 0 Å². The molecule has 0 spiro atoms. The van der Waals surface area contributed by atoms with Crippen LogP contribution in [-0.4, -0.2) is 29.2 Å². The van der Waals surface area contributed by atoms with Crippen molar-refractivity contribution in [3.05, 3.63) is 23.7 Å². The molecule has 1 aliphatic rings. The van der Waals surface area contributed by atoms with Crippen molar-refractivity contribution < 1.29 is 9.52 Å². The molecule has 3 nitrogen and oxygen atoms in total. The lowest BCUT2D eigenvalue weighted by atomic mass is 9.98. The largest absolute Gasteiger partial charge is 0.465 e. The molecular weight excluding hydrogens is 226 g/mol. The first-order valence-corrected chi connectivity index (χ1v) is 7.26. The summed E-state index contributed by atoms with van der Waals surface area (Å²) in [6.07, 6.45) is 6.87. The summed E-state index contributed by atoms with van der Waals surface area (Å²) in [6.45, 7) is 4.52. The highest BCUT2D eigenvalue weighted by Gasteiger charge is 2.22. The zero-order valence-corrected chi connectivity index (χ0v) is 11.4. The minimum absolute atomic E-state index is 0.311. The Balaban J connectivity index is 1.91. The van der Waals surface area contributed by atoms with E-state index in [1.165, 1.54) is 19.3 Å². The molecule has 18 heavy (non-hydrogen) atoms. The average Bonchev–Trinajstić information content (AvgIpc) is 2.85. The first kappa shape index (κ1) is 13.6. The van der Waals surface area contributed by atoms with Crippen molar-refractivity contribution in [2.45, 2.75) is 58.0 Å². The van der Waals surface area contributed by atoms with Crippen molar-refractivity contribution in [1.29, 1.82) is 0 Å². The van der Waals surface area contributed by atoms with Gasteiger partial charge in [0.25, 0.3) is 0 Å². The van der Waals surface area contributed by atoms with Gasteiger partial charge in [-0.25, -0.2) is 0 Å². The quantitative estimate of drug-likeness (QED) is 0.844. The summed E-state index contributed by atoms with van der Waals surface area (Å²) in [7, 11) is 0. The molecule has 2 heterocycles. The van der Waals surface area contributed by atoms with Crippen LogP contribution in [-0.2, 0) is 13.0 Å². The Morgan fingerprint density at radius 1 is 1.33 bits per heavy atom. The van der Waals surface area contributed by atoms with Gasteiger partial charge in [-0.1, -0.05) is 13.3 Å². The second kappa shape index (κ2) is 6.95. The summed E-state index contributed by atoms with van der Waals surface area (Å²) in [5.41, 5.74) is 0. The first-order valence-electron chi connectivity index (χ1n) is 7.26. The summed E-state index contributed by atoms with van der Waals surface area (Å²) >= 11 is 0. The van der Waals surface area contributed by atoms with Gasteiger partial charge in [0, 0.05) is 19.1 Å². The highest BCUT2D eigenvalue weighted by Crippen LogP contribution is 2.23. The summed E-state index contributed by atoms with van der Waals surface area (Å²) in [6, 6.07) is 4.82. The summed E-state index contributed by atoms with van der Waals surface area (Å²) < 4.78 is 5.80. The van der Waals surface area contributed by atoms with Gasteiger partial charge in [0.1, 0.15) is 11.5 Å². The van der Waals surface area contributed by atoms with Gasteiger partial charge in [-0.3, -0.25) is 4.90 Å². The van der Waals surface area contributed by atoms with Crippen LogP contribution >= 0.6 is 0 Å². The van der Waals surface area contributed by atoms with Gasteiger partial charge in [-0.2, -0.15) is 0 Å². The van der Waals surface area contributed by atoms with Crippen LogP contribution in [0.1, 0.15) is 50.5 Å². The normalized spacial score (nSPS) is 21.3. The third kappa shape index (κ3) is 3.59. The molecule has 1 N–H and O–H groups in total. The number of likely N-dealkylation sites (tertiary alicyclic amines) is 1. The van der Waals surface area contributed by atoms with E-state index in [1.807, 2.05) is 0 Å². The van der Waals surface area contributed by atoms with Gasteiger partial charge in [0.15, 0.2) is 0 Å². The molecule has 1 aromatic heterocycles. The molecule has 0 saturated carbocycles. The van der Waals surface area contributed by atoms with E-state index in [-0.39, 0.29) is 0 Å². The van der Waals surface area contributed by atoms with Gasteiger partial charge < -0.3 is 9.52 Å². The van der Waals surface area contributed by atoms with Gasteiger partial charge >= 0.3 is 0 Å². The van der Waals surface area contributed by atoms with E-state index in [0.717, 1.165) is 43.9 Å². The second-order valence-electron chi connectivity index (χ2n) is 5.21. The van der Waals surface area contributed by atoms with Crippen LogP contribution in [0.4, 0.5) is 0 Å². The Bertz CT molecular complexity index is 348. The number of rotatable bonds is 6. The van der Waals surface area contributed by atoms with Crippen molar-refractivity contribution in [3.8, 4) is 0 Å². The molecule has 1 aromatic rings. The maximum absolute atomic E-state index is 8.97. The molecule has 1 saturated heterocycles. The average molecular weight is 251 g/mol. The summed E-state index contributed by atoms with van der Waals surface area (Å²) in [5.74, 6) is 2.16. The number of aliphatic hydroxyl groups excluding tert-OH is 1. The molecule has 0 bridgehead atoms. The van der Waals surface area contributed by atoms with Gasteiger partial charge in [-0.15, -0.1) is 0 Å². The van der Waals surface area contributed by atoms with Crippen LogP contribution in [0.15, 0.2) is 16.5 Å². The minimum Gasteiger partial charge on any atom is -0.465 e. The Morgan fingerprint density at radius 2 is 2.17 bits per heavy atom. The molecule has 102 valence electrons. The van der Waals surface area contributed by atoms with Crippen molar-refractivity contribution in [2.24, 2.45) is 0 Å². The fraction of sp³-hybridized carbons (Fsp3) is 0.733. The predicted octanol–water partition coefficient (Wildman–Crippen LogP) is 2.97. The molecule has 3 heteroatoms. The topological polar surface area (TPSA) is 36.6 Å². The number of piperidine rings is 1. The van der Waals surface area contributed by atoms with Crippen molar-refractivity contribution in [2.75, 3.05) is 13.2 Å². The zero-order chi connectivity index (χ0) is 12.8. The van der Waals surface area contributed by atoms with E-state index in [4.69, 9.17) is 9.52 Å². The van der Waals surface area contributed by atoms with Crippen molar-refractivity contribution in [1.82, 2.24) is 4.90 Å². The van der Waals surface area contributed by atoms with E-state index in [2.05, 4.69) is 24.0 Å². The lowest BCUT2D eigenvalue weighted by molar-refractivity contribution is 0.115. The highest BCUT2D eigenvalue weighted by atomic mass is 16.3. The van der Waals surface area contributed by atoms with Crippen molar-refractivity contribution in [3.63, 3.8) is 0 Å². The molecule has 2 rings (SSSR count). The SMILES string of the molecule is CCc1ccc(CN2CCCC[C@H]2CCCO)o1. The zero-order valence-electron chi connectivity index (χ0n) is 11.4. The lowest BCUT2D eigenvalue weighted by Gasteiger charge is -2.35. The molecule has 0 aromatic carbocycles. The first-order chi connectivity index (χ1) is 8.83. The third-order valence-electron chi connectivity index (χ3n) is 3.87. The lowest BCUT2D eigenvalue weighted by Crippen LogP contribution is -2.38. The van der Waals surface area contributed by atoms with Gasteiger partial charge in [0.05, 0.1) is 6.54 Å². The molecule has 0 unspecified atom stereocenters. The fourth-order valence-corrected chi connectivity index (χ4v) is 2.82. The number of aliphatic hydroxyl groups is 1. The minimum atomic E-state index is 0.311. The van der Waals surface area contributed by atoms with Crippen LogP contribution in [0.25, 0.3) is 0 Å². The highest BCUT2D eigenvalue weighted by molar-refractivity contribution is 5.07. The number of furan rings is 1. The van der Waals surface area contributed by atoms with Crippen LogP contribution in [0.5, 0.6) is 0 Å². The summed E-state index contributed by atoms with van der Waals surface area (Å²) in [4.78, 5) is 2.53. The molecule has 0 radical (unpaired) electrons. The number of aryl methyl sites for hydroxylation is 1. The van der Waals surface area contributed by atoms with E-state index in [9.17, 15) is 0 Å². The van der Waals surface area contributed by atoms with Gasteiger partial charge in [-0.05, 0) is 44.4 Å². The summed E-state index contributed by atoms with van der Waals surface area (Å²) in [5, 5.41) is 8.97. The molecule has 1 fully saturated rings. The molecule has 0 amide bonds. The maximum Gasteiger partial charge on any atom is 0.118 e. The number of nitrogens with zero attached hydrogens (tertiary/aromatic N) is 1. The van der Waals surface area contributed by atoms with Crippen LogP contribution < -0.4 is 0 Å². The molecule has 1 atom stereocenters. The Hall–Kier alpha value is -0.800. The third-order valence-corrected chi connectivity index (χ3v) is 3.87. The monoisotopic (exact) mass is 251 g/mol. The predicted molar refractivity (Wildman–Crippen MR) is 72.5 cm³/mol. The Morgan fingerprint density at radius 3 is 2.89 bits per heavy atom.